The van der Waals surface area contributed by atoms with E-state index in [2.05, 4.69) is 44.2 Å². The van der Waals surface area contributed by atoms with Crippen LogP contribution in [-0.2, 0) is 4.79 Å². The summed E-state index contributed by atoms with van der Waals surface area (Å²) in [4.78, 5) is 26.2. The summed E-state index contributed by atoms with van der Waals surface area (Å²) in [6.45, 7) is 8.79. The van der Waals surface area contributed by atoms with E-state index in [0.29, 0.717) is 43.5 Å². The maximum atomic E-state index is 13.5. The zero-order valence-corrected chi connectivity index (χ0v) is 23.3. The van der Waals surface area contributed by atoms with E-state index in [9.17, 15) is 9.18 Å². The van der Waals surface area contributed by atoms with Gasteiger partial charge < -0.3 is 14.5 Å². The van der Waals surface area contributed by atoms with Crippen LogP contribution < -0.4 is 9.64 Å². The average molecular weight is 535 g/mol. The zero-order valence-electron chi connectivity index (χ0n) is 23.3. The number of aromatic nitrogens is 4. The topological polar surface area (TPSA) is 75.9 Å². The highest BCUT2D eigenvalue weighted by atomic mass is 19.1. The molecule has 8 nitrogen and oxygen atoms in total. The first-order valence-corrected chi connectivity index (χ1v) is 14.5. The normalized spacial score (nSPS) is 24.5. The number of amides is 1. The van der Waals surface area contributed by atoms with Gasteiger partial charge in [0.2, 0.25) is 5.91 Å². The first-order chi connectivity index (χ1) is 18.9. The number of ether oxygens (including phenoxy) is 1. The number of rotatable bonds is 5. The van der Waals surface area contributed by atoms with Crippen LogP contribution in [0.5, 0.6) is 5.75 Å². The Hall–Kier alpha value is -3.23. The van der Waals surface area contributed by atoms with E-state index < -0.39 is 6.17 Å². The van der Waals surface area contributed by atoms with Crippen LogP contribution in [0.4, 0.5) is 10.1 Å². The minimum Gasteiger partial charge on any atom is -0.485 e. The predicted molar refractivity (Wildman–Crippen MR) is 148 cm³/mol. The molecule has 0 N–H and O–H groups in total. The Morgan fingerprint density at radius 1 is 0.923 bits per heavy atom. The Kier molecular flexibility index (Phi) is 7.16. The van der Waals surface area contributed by atoms with Crippen molar-refractivity contribution in [1.82, 2.24) is 24.5 Å². The third-order valence-electron chi connectivity index (χ3n) is 8.91. The summed E-state index contributed by atoms with van der Waals surface area (Å²) < 4.78 is 21.7. The van der Waals surface area contributed by atoms with E-state index in [-0.39, 0.29) is 17.9 Å². The average Bonchev–Trinajstić information content (AvgIpc) is 3.57. The number of carbonyl (C=O) groups excluding carboxylic acids is 1. The Balaban J connectivity index is 1.03. The summed E-state index contributed by atoms with van der Waals surface area (Å²) >= 11 is 0. The van der Waals surface area contributed by atoms with Crippen molar-refractivity contribution in [2.45, 2.75) is 83.9 Å². The van der Waals surface area contributed by atoms with Crippen LogP contribution in [0.3, 0.4) is 0 Å². The Morgan fingerprint density at radius 2 is 1.64 bits per heavy atom. The van der Waals surface area contributed by atoms with Gasteiger partial charge in [0.15, 0.2) is 5.75 Å². The number of aryl methyl sites for hydroxylation is 3. The number of fused-ring (bicyclic) bond motifs is 1. The molecule has 1 unspecified atom stereocenters. The van der Waals surface area contributed by atoms with Gasteiger partial charge in [0.25, 0.3) is 5.78 Å². The number of anilines is 1. The standard InChI is InChI=1S/C30H39FN6O2/c1-19-28(20(2)37-30(32-19)33-21(3)34-37)39-27-14-17-36(18-27)26-10-8-23(9-11-26)22-4-6-24(7-5-22)29(38)35-15-12-25(31)13-16-35/h8-11,22,24-25,27H,4-7,12-18H2,1-3H3. The highest BCUT2D eigenvalue weighted by Gasteiger charge is 2.32. The molecular weight excluding hydrogens is 495 g/mol. The fourth-order valence-electron chi connectivity index (χ4n) is 6.61. The lowest BCUT2D eigenvalue weighted by atomic mass is 9.78. The number of benzene rings is 1. The quantitative estimate of drug-likeness (QED) is 0.462. The molecule has 6 rings (SSSR count). The second-order valence-corrected chi connectivity index (χ2v) is 11.6. The summed E-state index contributed by atoms with van der Waals surface area (Å²) in [6.07, 6.45) is 5.23. The Bertz CT molecular complexity index is 1330. The van der Waals surface area contributed by atoms with Gasteiger partial charge in [-0.3, -0.25) is 4.79 Å². The number of likely N-dealkylation sites (tertiary alicyclic amines) is 1. The molecule has 3 aromatic rings. The van der Waals surface area contributed by atoms with E-state index in [0.717, 1.165) is 62.3 Å². The number of hydrogen-bond acceptors (Lipinski definition) is 6. The number of nitrogens with zero attached hydrogens (tertiary/aromatic N) is 6. The zero-order chi connectivity index (χ0) is 27.1. The molecule has 0 bridgehead atoms. The second kappa shape index (κ2) is 10.7. The molecule has 1 amide bonds. The van der Waals surface area contributed by atoms with Gasteiger partial charge in [-0.05, 0) is 82.9 Å². The molecule has 208 valence electrons. The van der Waals surface area contributed by atoms with E-state index in [1.165, 1.54) is 11.3 Å². The van der Waals surface area contributed by atoms with Gasteiger partial charge in [0, 0.05) is 37.7 Å². The van der Waals surface area contributed by atoms with E-state index in [1.807, 2.05) is 25.7 Å². The first kappa shape index (κ1) is 26.0. The third-order valence-corrected chi connectivity index (χ3v) is 8.91. The smallest absolute Gasteiger partial charge is 0.253 e. The van der Waals surface area contributed by atoms with Crippen LogP contribution in [0, 0.1) is 26.7 Å². The molecule has 39 heavy (non-hydrogen) atoms. The van der Waals surface area contributed by atoms with Gasteiger partial charge >= 0.3 is 0 Å². The highest BCUT2D eigenvalue weighted by molar-refractivity contribution is 5.79. The highest BCUT2D eigenvalue weighted by Crippen LogP contribution is 2.38. The third kappa shape index (κ3) is 5.32. The van der Waals surface area contributed by atoms with Gasteiger partial charge in [-0.15, -0.1) is 5.10 Å². The molecule has 3 aliphatic rings. The fourth-order valence-corrected chi connectivity index (χ4v) is 6.61. The summed E-state index contributed by atoms with van der Waals surface area (Å²) in [5.41, 5.74) is 4.36. The fraction of sp³-hybridized carbons (Fsp3) is 0.600. The molecule has 1 aliphatic carbocycles. The predicted octanol–water partition coefficient (Wildman–Crippen LogP) is 4.94. The van der Waals surface area contributed by atoms with Gasteiger partial charge in [0.05, 0.1) is 17.9 Å². The van der Waals surface area contributed by atoms with Gasteiger partial charge in [-0.25, -0.2) is 9.37 Å². The molecule has 0 radical (unpaired) electrons. The molecule has 1 atom stereocenters. The molecule has 2 saturated heterocycles. The van der Waals surface area contributed by atoms with Crippen LogP contribution in [0.2, 0.25) is 0 Å². The maximum absolute atomic E-state index is 13.5. The van der Waals surface area contributed by atoms with E-state index in [1.54, 1.807) is 4.52 Å². The maximum Gasteiger partial charge on any atom is 0.253 e. The SMILES string of the molecule is Cc1nc2nc(C)c(OC3CCN(c4ccc(C5CCC(C(=O)N6CCC(F)CC6)CC5)cc4)C3)c(C)n2n1. The van der Waals surface area contributed by atoms with Crippen LogP contribution >= 0.6 is 0 Å². The lowest BCUT2D eigenvalue weighted by Gasteiger charge is -2.35. The molecule has 1 aromatic carbocycles. The first-order valence-electron chi connectivity index (χ1n) is 14.5. The summed E-state index contributed by atoms with van der Waals surface area (Å²) in [5.74, 6) is 2.98. The lowest BCUT2D eigenvalue weighted by molar-refractivity contribution is -0.138. The molecule has 3 fully saturated rings. The van der Waals surface area contributed by atoms with E-state index >= 15 is 0 Å². The van der Waals surface area contributed by atoms with Crippen LogP contribution in [0.1, 0.15) is 73.6 Å². The molecule has 4 heterocycles. The largest absolute Gasteiger partial charge is 0.485 e. The van der Waals surface area contributed by atoms with Crippen LogP contribution in [0.15, 0.2) is 24.3 Å². The van der Waals surface area contributed by atoms with Crippen molar-refractivity contribution in [2.75, 3.05) is 31.1 Å². The Morgan fingerprint density at radius 3 is 2.36 bits per heavy atom. The summed E-state index contributed by atoms with van der Waals surface area (Å²) in [7, 11) is 0. The van der Waals surface area contributed by atoms with Crippen LogP contribution in [-0.4, -0.2) is 68.8 Å². The summed E-state index contributed by atoms with van der Waals surface area (Å²) in [6, 6.07) is 9.00. The minimum atomic E-state index is -0.739. The molecule has 2 aliphatic heterocycles. The lowest BCUT2D eigenvalue weighted by Crippen LogP contribution is -2.43. The number of piperidine rings is 1. The monoisotopic (exact) mass is 534 g/mol. The van der Waals surface area contributed by atoms with Gasteiger partial charge in [-0.1, -0.05) is 12.1 Å². The molecule has 2 aromatic heterocycles. The number of hydrogen-bond donors (Lipinski definition) is 0. The van der Waals surface area contributed by atoms with Gasteiger partial charge in [0.1, 0.15) is 18.1 Å². The minimum absolute atomic E-state index is 0.0921. The Labute approximate surface area is 229 Å². The van der Waals surface area contributed by atoms with Crippen molar-refractivity contribution < 1.29 is 13.9 Å². The van der Waals surface area contributed by atoms with Crippen molar-refractivity contribution in [2.24, 2.45) is 5.92 Å². The number of carbonyl (C=O) groups is 1. The molecule has 0 spiro atoms. The number of halogens is 1. The van der Waals surface area contributed by atoms with Crippen molar-refractivity contribution in [3.63, 3.8) is 0 Å². The second-order valence-electron chi connectivity index (χ2n) is 11.6. The molecule has 9 heteroatoms. The van der Waals surface area contributed by atoms with Crippen molar-refractivity contribution in [3.8, 4) is 5.75 Å². The van der Waals surface area contributed by atoms with Gasteiger partial charge in [-0.2, -0.15) is 9.50 Å². The van der Waals surface area contributed by atoms with Crippen molar-refractivity contribution >= 4 is 17.4 Å². The number of alkyl halides is 1. The van der Waals surface area contributed by atoms with Crippen LogP contribution in [0.25, 0.3) is 5.78 Å². The van der Waals surface area contributed by atoms with E-state index in [4.69, 9.17) is 4.74 Å². The van der Waals surface area contributed by atoms with Crippen molar-refractivity contribution in [3.05, 3.63) is 47.0 Å². The summed E-state index contributed by atoms with van der Waals surface area (Å²) in [5, 5.41) is 4.46. The van der Waals surface area contributed by atoms with Crippen molar-refractivity contribution in [1.29, 1.82) is 0 Å². The molecular formula is C30H39FN6O2. The molecule has 1 saturated carbocycles.